The van der Waals surface area contributed by atoms with Crippen LogP contribution >= 0.6 is 0 Å². The van der Waals surface area contributed by atoms with Gasteiger partial charge in [-0.3, -0.25) is 19.3 Å². The number of piperidine rings is 1. The summed E-state index contributed by atoms with van der Waals surface area (Å²) in [4.78, 5) is 38.6. The highest BCUT2D eigenvalue weighted by Gasteiger charge is 2.38. The number of para-hydroxylation sites is 1. The van der Waals surface area contributed by atoms with Crippen molar-refractivity contribution in [3.8, 4) is 5.75 Å². The second-order valence-corrected chi connectivity index (χ2v) is 10.1. The molecule has 0 bridgehead atoms. The van der Waals surface area contributed by atoms with Gasteiger partial charge in [-0.25, -0.2) is 4.98 Å². The Kier molecular flexibility index (Phi) is 7.77. The summed E-state index contributed by atoms with van der Waals surface area (Å²) in [6, 6.07) is 10.0. The lowest BCUT2D eigenvalue weighted by atomic mass is 9.73. The van der Waals surface area contributed by atoms with Gasteiger partial charge in [-0.1, -0.05) is 24.6 Å². The van der Waals surface area contributed by atoms with Gasteiger partial charge >= 0.3 is 0 Å². The zero-order chi connectivity index (χ0) is 25.5. The number of aryl methyl sites for hydroxylation is 1. The number of ether oxygens (including phenoxy) is 1. The SMILES string of the molecule is O=C(Cn1cccn1)N1CCC2(CCCCc3ccccc3OCCN(C(=O)c3cnccn3)C2)CC1. The maximum Gasteiger partial charge on any atom is 0.274 e. The van der Waals surface area contributed by atoms with E-state index in [0.29, 0.717) is 38.5 Å². The van der Waals surface area contributed by atoms with Crippen molar-refractivity contribution in [2.45, 2.75) is 45.1 Å². The summed E-state index contributed by atoms with van der Waals surface area (Å²) in [5.41, 5.74) is 1.50. The molecule has 2 aliphatic rings. The van der Waals surface area contributed by atoms with Crippen molar-refractivity contribution < 1.29 is 14.3 Å². The molecule has 2 amide bonds. The fourth-order valence-electron chi connectivity index (χ4n) is 5.51. The van der Waals surface area contributed by atoms with Gasteiger partial charge in [0.1, 0.15) is 24.6 Å². The Hall–Kier alpha value is -3.75. The molecule has 0 saturated carbocycles. The molecular weight excluding hydrogens is 468 g/mol. The quantitative estimate of drug-likeness (QED) is 0.546. The minimum Gasteiger partial charge on any atom is -0.491 e. The molecule has 194 valence electrons. The highest BCUT2D eigenvalue weighted by atomic mass is 16.5. The fourth-order valence-corrected chi connectivity index (χ4v) is 5.51. The normalized spacial score (nSPS) is 18.3. The molecule has 1 aromatic carbocycles. The molecule has 9 heteroatoms. The second kappa shape index (κ2) is 11.5. The number of hydrogen-bond donors (Lipinski definition) is 0. The molecule has 5 rings (SSSR count). The number of rotatable bonds is 3. The third kappa shape index (κ3) is 6.15. The molecule has 1 fully saturated rings. The molecule has 9 nitrogen and oxygen atoms in total. The van der Waals surface area contributed by atoms with Gasteiger partial charge in [-0.05, 0) is 55.2 Å². The van der Waals surface area contributed by atoms with Crippen molar-refractivity contribution in [3.63, 3.8) is 0 Å². The molecule has 0 aliphatic carbocycles. The molecule has 4 heterocycles. The second-order valence-electron chi connectivity index (χ2n) is 10.1. The lowest BCUT2D eigenvalue weighted by Gasteiger charge is -2.45. The average molecular weight is 503 g/mol. The van der Waals surface area contributed by atoms with Gasteiger partial charge in [0.25, 0.3) is 5.91 Å². The van der Waals surface area contributed by atoms with Crippen LogP contribution in [0.15, 0.2) is 61.3 Å². The van der Waals surface area contributed by atoms with Crippen LogP contribution in [0.1, 0.15) is 48.2 Å². The van der Waals surface area contributed by atoms with Gasteiger partial charge in [0.2, 0.25) is 5.91 Å². The summed E-state index contributed by atoms with van der Waals surface area (Å²) in [6.07, 6.45) is 14.0. The number of amides is 2. The van der Waals surface area contributed by atoms with E-state index in [1.54, 1.807) is 23.3 Å². The van der Waals surface area contributed by atoms with Crippen LogP contribution in [0.4, 0.5) is 0 Å². The van der Waals surface area contributed by atoms with Crippen LogP contribution in [0.25, 0.3) is 0 Å². The fraction of sp³-hybridized carbons (Fsp3) is 0.464. The lowest BCUT2D eigenvalue weighted by molar-refractivity contribution is -0.134. The third-order valence-electron chi connectivity index (χ3n) is 7.62. The van der Waals surface area contributed by atoms with Gasteiger partial charge < -0.3 is 14.5 Å². The van der Waals surface area contributed by atoms with Crippen molar-refractivity contribution >= 4 is 11.8 Å². The number of nitrogens with zero attached hydrogens (tertiary/aromatic N) is 6. The van der Waals surface area contributed by atoms with Crippen molar-refractivity contribution in [1.29, 1.82) is 0 Å². The van der Waals surface area contributed by atoms with Gasteiger partial charge in [-0.15, -0.1) is 0 Å². The summed E-state index contributed by atoms with van der Waals surface area (Å²) in [5, 5.41) is 4.17. The molecule has 1 saturated heterocycles. The maximum absolute atomic E-state index is 13.5. The Bertz CT molecular complexity index is 1180. The summed E-state index contributed by atoms with van der Waals surface area (Å²) in [6.45, 7) is 3.13. The van der Waals surface area contributed by atoms with Crippen LogP contribution in [-0.2, 0) is 17.8 Å². The molecule has 0 atom stereocenters. The van der Waals surface area contributed by atoms with E-state index in [2.05, 4.69) is 27.2 Å². The number of hydrogen-bond acceptors (Lipinski definition) is 6. The van der Waals surface area contributed by atoms with Gasteiger partial charge in [0, 0.05) is 44.4 Å². The number of benzene rings is 1. The smallest absolute Gasteiger partial charge is 0.274 e. The summed E-state index contributed by atoms with van der Waals surface area (Å²) < 4.78 is 7.83. The number of likely N-dealkylation sites (tertiary alicyclic amines) is 1. The molecule has 37 heavy (non-hydrogen) atoms. The van der Waals surface area contributed by atoms with Gasteiger partial charge in [0.15, 0.2) is 0 Å². The average Bonchev–Trinajstić information content (AvgIpc) is 3.44. The van der Waals surface area contributed by atoms with Crippen LogP contribution < -0.4 is 4.74 Å². The Morgan fingerprint density at radius 2 is 1.81 bits per heavy atom. The number of fused-ring (bicyclic) bond motifs is 1. The van der Waals surface area contributed by atoms with E-state index in [1.807, 2.05) is 34.2 Å². The Labute approximate surface area is 217 Å². The minimum atomic E-state index is -0.126. The molecule has 2 aliphatic heterocycles. The monoisotopic (exact) mass is 502 g/mol. The Morgan fingerprint density at radius 3 is 2.59 bits per heavy atom. The van der Waals surface area contributed by atoms with Crippen LogP contribution in [0.5, 0.6) is 5.75 Å². The standard InChI is InChI=1S/C28H34N6O3/c35-26(21-34-15-5-12-31-34)32-16-10-28(11-17-32)9-4-3-7-23-6-1-2-8-25(23)37-19-18-33(22-28)27(36)24-20-29-13-14-30-24/h1-2,5-6,8,12-15,20H,3-4,7,9-11,16-19,21-22H2. The molecule has 0 N–H and O–H groups in total. The lowest BCUT2D eigenvalue weighted by Crippen LogP contribution is -2.50. The first-order valence-corrected chi connectivity index (χ1v) is 13.1. The summed E-state index contributed by atoms with van der Waals surface area (Å²) >= 11 is 0. The predicted molar refractivity (Wildman–Crippen MR) is 138 cm³/mol. The zero-order valence-electron chi connectivity index (χ0n) is 21.2. The molecule has 3 aromatic rings. The Balaban J connectivity index is 1.33. The largest absolute Gasteiger partial charge is 0.491 e. The van der Waals surface area contributed by atoms with Crippen LogP contribution in [0.2, 0.25) is 0 Å². The molecule has 2 aromatic heterocycles. The summed E-state index contributed by atoms with van der Waals surface area (Å²) in [7, 11) is 0. The van der Waals surface area contributed by atoms with E-state index in [4.69, 9.17) is 4.74 Å². The first-order chi connectivity index (χ1) is 18.1. The maximum atomic E-state index is 13.5. The summed E-state index contributed by atoms with van der Waals surface area (Å²) in [5.74, 6) is 0.858. The van der Waals surface area contributed by atoms with Crippen LogP contribution in [-0.4, -0.2) is 74.1 Å². The molecule has 0 radical (unpaired) electrons. The van der Waals surface area contributed by atoms with E-state index in [9.17, 15) is 9.59 Å². The first-order valence-electron chi connectivity index (χ1n) is 13.1. The molecular formula is C28H34N6O3. The van der Waals surface area contributed by atoms with Crippen molar-refractivity contribution in [1.82, 2.24) is 29.5 Å². The van der Waals surface area contributed by atoms with E-state index < -0.39 is 0 Å². The number of carbonyl (C=O) groups excluding carboxylic acids is 2. The van der Waals surface area contributed by atoms with Gasteiger partial charge in [0.05, 0.1) is 12.7 Å². The van der Waals surface area contributed by atoms with Crippen LogP contribution in [0, 0.1) is 5.41 Å². The van der Waals surface area contributed by atoms with Crippen LogP contribution in [0.3, 0.4) is 0 Å². The van der Waals surface area contributed by atoms with Gasteiger partial charge in [-0.2, -0.15) is 5.10 Å². The van der Waals surface area contributed by atoms with E-state index in [0.717, 1.165) is 44.3 Å². The van der Waals surface area contributed by atoms with Crippen molar-refractivity contribution in [3.05, 3.63) is 72.6 Å². The number of carbonyl (C=O) groups is 2. The van der Waals surface area contributed by atoms with E-state index >= 15 is 0 Å². The Morgan fingerprint density at radius 1 is 0.946 bits per heavy atom. The highest BCUT2D eigenvalue weighted by molar-refractivity contribution is 5.92. The molecule has 1 spiro atoms. The first kappa shape index (κ1) is 24.9. The molecule has 0 unspecified atom stereocenters. The highest BCUT2D eigenvalue weighted by Crippen LogP contribution is 2.38. The van der Waals surface area contributed by atoms with E-state index in [1.165, 1.54) is 11.8 Å². The van der Waals surface area contributed by atoms with Crippen molar-refractivity contribution in [2.24, 2.45) is 5.41 Å². The predicted octanol–water partition coefficient (Wildman–Crippen LogP) is 3.23. The van der Waals surface area contributed by atoms with Crippen molar-refractivity contribution in [2.75, 3.05) is 32.8 Å². The zero-order valence-corrected chi connectivity index (χ0v) is 21.2. The third-order valence-corrected chi connectivity index (χ3v) is 7.62. The minimum absolute atomic E-state index is 0.0565. The van der Waals surface area contributed by atoms with E-state index in [-0.39, 0.29) is 23.8 Å². The number of aromatic nitrogens is 4. The topological polar surface area (TPSA) is 93.5 Å².